The number of halogens is 2. The fourth-order valence-corrected chi connectivity index (χ4v) is 1.80. The van der Waals surface area contributed by atoms with E-state index in [9.17, 15) is 9.18 Å². The number of benzene rings is 1. The van der Waals surface area contributed by atoms with Crippen LogP contribution in [0, 0.1) is 5.82 Å². The first kappa shape index (κ1) is 15.2. The molecule has 6 nitrogen and oxygen atoms in total. The Morgan fingerprint density at radius 2 is 2.32 bits per heavy atom. The summed E-state index contributed by atoms with van der Waals surface area (Å²) in [5.41, 5.74) is 13.7. The van der Waals surface area contributed by atoms with Gasteiger partial charge < -0.3 is 11.1 Å². The van der Waals surface area contributed by atoms with E-state index in [1.54, 1.807) is 0 Å². The van der Waals surface area contributed by atoms with Crippen LogP contribution in [0.25, 0.3) is 10.4 Å². The molecule has 1 unspecified atom stereocenters. The molecule has 102 valence electrons. The van der Waals surface area contributed by atoms with Gasteiger partial charge in [0.25, 0.3) is 0 Å². The zero-order valence-electron chi connectivity index (χ0n) is 10.0. The molecule has 0 fully saturated rings. The first-order valence-corrected chi connectivity index (χ1v) is 5.92. The Hall–Kier alpha value is -1.82. The first-order valence-electron chi connectivity index (χ1n) is 5.54. The summed E-state index contributed by atoms with van der Waals surface area (Å²) in [6.07, 6.45) is 0.539. The molecule has 1 aromatic carbocycles. The van der Waals surface area contributed by atoms with Crippen LogP contribution in [-0.2, 0) is 4.79 Å². The maximum Gasteiger partial charge on any atom is 0.239 e. The molecule has 0 saturated carbocycles. The highest BCUT2D eigenvalue weighted by atomic mass is 35.5. The first-order chi connectivity index (χ1) is 9.04. The van der Waals surface area contributed by atoms with E-state index >= 15 is 0 Å². The molecule has 0 bridgehead atoms. The molecule has 0 aromatic heterocycles. The minimum Gasteiger partial charge on any atom is -0.368 e. The molecule has 19 heavy (non-hydrogen) atoms. The van der Waals surface area contributed by atoms with E-state index in [0.29, 0.717) is 25.1 Å². The number of carbonyl (C=O) groups is 1. The highest BCUT2D eigenvalue weighted by molar-refractivity contribution is 6.30. The Balaban J connectivity index is 2.71. The number of nitrogens with two attached hydrogens (primary N) is 1. The summed E-state index contributed by atoms with van der Waals surface area (Å²) in [7, 11) is 0. The molecule has 0 aliphatic carbocycles. The summed E-state index contributed by atoms with van der Waals surface area (Å²) >= 11 is 5.73. The predicted octanol–water partition coefficient (Wildman–Crippen LogP) is 2.30. The Morgan fingerprint density at radius 1 is 1.58 bits per heavy atom. The predicted molar refractivity (Wildman–Crippen MR) is 70.0 cm³/mol. The molecule has 0 aliphatic rings. The van der Waals surface area contributed by atoms with Crippen molar-refractivity contribution < 1.29 is 9.18 Å². The molecule has 8 heteroatoms. The molecule has 3 N–H and O–H groups in total. The zero-order chi connectivity index (χ0) is 14.3. The van der Waals surface area contributed by atoms with E-state index < -0.39 is 17.8 Å². The molecular weight excluding hydrogens is 273 g/mol. The molecule has 0 saturated heterocycles. The van der Waals surface area contributed by atoms with Crippen molar-refractivity contribution in [3.8, 4) is 0 Å². The van der Waals surface area contributed by atoms with Gasteiger partial charge in [0.2, 0.25) is 5.91 Å². The summed E-state index contributed by atoms with van der Waals surface area (Å²) in [5, 5.41) is 6.42. The highest BCUT2D eigenvalue weighted by Gasteiger charge is 2.18. The second kappa shape index (κ2) is 7.58. The van der Waals surface area contributed by atoms with Crippen LogP contribution in [-0.4, -0.2) is 19.0 Å². The van der Waals surface area contributed by atoms with Crippen LogP contribution in [0.2, 0.25) is 5.02 Å². The molecule has 1 amide bonds. The molecule has 0 heterocycles. The van der Waals surface area contributed by atoms with Gasteiger partial charge in [0.15, 0.2) is 0 Å². The van der Waals surface area contributed by atoms with Crippen molar-refractivity contribution >= 4 is 17.5 Å². The van der Waals surface area contributed by atoms with Crippen molar-refractivity contribution in [2.24, 2.45) is 10.8 Å². The van der Waals surface area contributed by atoms with Crippen LogP contribution in [0.5, 0.6) is 0 Å². The molecule has 0 aliphatic heterocycles. The van der Waals surface area contributed by atoms with Gasteiger partial charge in [0.1, 0.15) is 11.9 Å². The van der Waals surface area contributed by atoms with E-state index in [-0.39, 0.29) is 5.02 Å². The lowest BCUT2D eigenvalue weighted by atomic mass is 10.1. The third-order valence-corrected chi connectivity index (χ3v) is 2.57. The van der Waals surface area contributed by atoms with Gasteiger partial charge in [-0.05, 0) is 42.3 Å². The van der Waals surface area contributed by atoms with Gasteiger partial charge in [-0.25, -0.2) is 4.39 Å². The molecule has 1 aromatic rings. The van der Waals surface area contributed by atoms with Gasteiger partial charge in [0.05, 0.1) is 0 Å². The Labute approximate surface area is 114 Å². The third kappa shape index (κ3) is 5.13. The Kier molecular flexibility index (Phi) is 6.08. The van der Waals surface area contributed by atoms with Crippen molar-refractivity contribution in [2.75, 3.05) is 13.1 Å². The van der Waals surface area contributed by atoms with Gasteiger partial charge in [-0.15, -0.1) is 0 Å². The van der Waals surface area contributed by atoms with Crippen molar-refractivity contribution in [1.29, 1.82) is 0 Å². The maximum atomic E-state index is 13.2. The topological polar surface area (TPSA) is 104 Å². The lowest BCUT2D eigenvalue weighted by Gasteiger charge is -2.16. The molecule has 0 radical (unpaired) electrons. The fraction of sp³-hybridized carbons (Fsp3) is 0.364. The van der Waals surface area contributed by atoms with Crippen LogP contribution in [0.1, 0.15) is 18.0 Å². The van der Waals surface area contributed by atoms with Crippen molar-refractivity contribution in [2.45, 2.75) is 12.5 Å². The number of carbonyl (C=O) groups excluding carboxylic acids is 1. The second-order valence-corrected chi connectivity index (χ2v) is 4.24. The van der Waals surface area contributed by atoms with E-state index in [1.165, 1.54) is 12.1 Å². The normalized spacial score (nSPS) is 11.7. The quantitative estimate of drug-likeness (QED) is 0.347. The van der Waals surface area contributed by atoms with Crippen molar-refractivity contribution in [1.82, 2.24) is 5.32 Å². The number of nitrogens with zero attached hydrogens (tertiary/aromatic N) is 3. The average molecular weight is 286 g/mol. The monoisotopic (exact) mass is 285 g/mol. The molecule has 0 spiro atoms. The summed E-state index contributed by atoms with van der Waals surface area (Å²) in [5.74, 6) is -1.17. The summed E-state index contributed by atoms with van der Waals surface area (Å²) in [4.78, 5) is 14.0. The number of nitrogens with one attached hydrogen (secondary N) is 1. The molecule has 1 atom stereocenters. The van der Waals surface area contributed by atoms with E-state index in [0.717, 1.165) is 6.07 Å². The van der Waals surface area contributed by atoms with Crippen LogP contribution >= 0.6 is 11.6 Å². The SMILES string of the molecule is [N-]=[N+]=NCCCNC(C(N)=O)c1cc(F)cc(Cl)c1. The zero-order valence-corrected chi connectivity index (χ0v) is 10.8. The van der Waals surface area contributed by atoms with Gasteiger partial charge in [-0.3, -0.25) is 4.79 Å². The highest BCUT2D eigenvalue weighted by Crippen LogP contribution is 2.20. The van der Waals surface area contributed by atoms with Crippen LogP contribution in [0.15, 0.2) is 23.3 Å². The minimum absolute atomic E-state index is 0.192. The van der Waals surface area contributed by atoms with Crippen LogP contribution < -0.4 is 11.1 Å². The van der Waals surface area contributed by atoms with E-state index in [2.05, 4.69) is 15.3 Å². The number of hydrogen-bond donors (Lipinski definition) is 2. The Morgan fingerprint density at radius 3 is 2.89 bits per heavy atom. The number of rotatable bonds is 7. The summed E-state index contributed by atoms with van der Waals surface area (Å²) in [6.45, 7) is 0.708. The molecular formula is C11H13ClFN5O. The lowest BCUT2D eigenvalue weighted by molar-refractivity contribution is -0.120. The van der Waals surface area contributed by atoms with E-state index in [4.69, 9.17) is 22.9 Å². The standard InChI is InChI=1S/C11H13ClFN5O/c12-8-4-7(5-9(13)6-8)10(11(14)19)16-2-1-3-17-18-15/h4-6,10,16H,1-3H2,(H2,14,19). The number of azide groups is 1. The van der Waals surface area contributed by atoms with Gasteiger partial charge in [0, 0.05) is 16.5 Å². The van der Waals surface area contributed by atoms with Crippen LogP contribution in [0.3, 0.4) is 0 Å². The van der Waals surface area contributed by atoms with Crippen molar-refractivity contribution in [3.05, 3.63) is 45.0 Å². The van der Waals surface area contributed by atoms with Gasteiger partial charge >= 0.3 is 0 Å². The van der Waals surface area contributed by atoms with Gasteiger partial charge in [-0.1, -0.05) is 16.7 Å². The number of amides is 1. The third-order valence-electron chi connectivity index (χ3n) is 2.35. The fourth-order valence-electron chi connectivity index (χ4n) is 1.57. The minimum atomic E-state index is -0.834. The smallest absolute Gasteiger partial charge is 0.239 e. The van der Waals surface area contributed by atoms with Crippen LogP contribution in [0.4, 0.5) is 4.39 Å². The lowest BCUT2D eigenvalue weighted by Crippen LogP contribution is -2.34. The Bertz CT molecular complexity index is 484. The molecule has 1 rings (SSSR count). The number of primary amides is 1. The van der Waals surface area contributed by atoms with Crippen molar-refractivity contribution in [3.63, 3.8) is 0 Å². The average Bonchev–Trinajstić information content (AvgIpc) is 2.31. The maximum absolute atomic E-state index is 13.2. The second-order valence-electron chi connectivity index (χ2n) is 3.80. The largest absolute Gasteiger partial charge is 0.368 e. The number of hydrogen-bond acceptors (Lipinski definition) is 3. The van der Waals surface area contributed by atoms with Gasteiger partial charge in [-0.2, -0.15) is 0 Å². The summed E-state index contributed by atoms with van der Waals surface area (Å²) < 4.78 is 13.2. The summed E-state index contributed by atoms with van der Waals surface area (Å²) in [6, 6.07) is 2.98. The van der Waals surface area contributed by atoms with E-state index in [1.807, 2.05) is 0 Å².